The van der Waals surface area contributed by atoms with Crippen molar-refractivity contribution in [1.82, 2.24) is 0 Å². The van der Waals surface area contributed by atoms with Crippen molar-refractivity contribution in [3.05, 3.63) is 46.9 Å². The van der Waals surface area contributed by atoms with Crippen molar-refractivity contribution in [3.63, 3.8) is 0 Å². The summed E-state index contributed by atoms with van der Waals surface area (Å²) >= 11 is 3.38. The highest BCUT2D eigenvalue weighted by Crippen LogP contribution is 2.36. The Morgan fingerprint density at radius 3 is 1.95 bits per heavy atom. The van der Waals surface area contributed by atoms with Crippen LogP contribution < -0.4 is 18.9 Å². The number of hydrogen-bond donors (Lipinski definition) is 0. The summed E-state index contributed by atoms with van der Waals surface area (Å²) < 4.78 is 22.9. The normalized spacial score (nSPS) is 10.0. The molecule has 0 amide bonds. The van der Waals surface area contributed by atoms with Crippen LogP contribution in [0.25, 0.3) is 0 Å². The minimum absolute atomic E-state index is 0.396. The monoisotopic (exact) mass is 352 g/mol. The van der Waals surface area contributed by atoms with Gasteiger partial charge in [-0.2, -0.15) is 0 Å². The standard InChI is InChI=1S/C16H17BrO4/c1-18-14-4-3-5-15(19-2)16(14)21-11-10-20-13-8-6-12(17)7-9-13/h3-9H,10-11H2,1-2H3. The van der Waals surface area contributed by atoms with Gasteiger partial charge in [0, 0.05) is 4.47 Å². The molecule has 5 heteroatoms. The summed E-state index contributed by atoms with van der Waals surface area (Å²) in [6.07, 6.45) is 0. The lowest BCUT2D eigenvalue weighted by Crippen LogP contribution is -2.10. The first-order chi connectivity index (χ1) is 10.2. The molecule has 0 unspecified atom stereocenters. The maximum atomic E-state index is 5.71. The van der Waals surface area contributed by atoms with Gasteiger partial charge in [-0.05, 0) is 36.4 Å². The Morgan fingerprint density at radius 2 is 1.38 bits per heavy atom. The molecule has 0 aliphatic carbocycles. The highest BCUT2D eigenvalue weighted by molar-refractivity contribution is 9.10. The van der Waals surface area contributed by atoms with E-state index in [0.29, 0.717) is 30.5 Å². The molecular weight excluding hydrogens is 336 g/mol. The van der Waals surface area contributed by atoms with E-state index in [9.17, 15) is 0 Å². The highest BCUT2D eigenvalue weighted by atomic mass is 79.9. The fourth-order valence-electron chi connectivity index (χ4n) is 1.79. The molecule has 2 aromatic carbocycles. The molecule has 0 aromatic heterocycles. The maximum absolute atomic E-state index is 5.71. The summed E-state index contributed by atoms with van der Waals surface area (Å²) in [6, 6.07) is 13.2. The van der Waals surface area contributed by atoms with E-state index in [1.54, 1.807) is 14.2 Å². The van der Waals surface area contributed by atoms with Gasteiger partial charge in [0.25, 0.3) is 0 Å². The Bertz CT molecular complexity index is 547. The van der Waals surface area contributed by atoms with Gasteiger partial charge in [-0.1, -0.05) is 22.0 Å². The predicted molar refractivity (Wildman–Crippen MR) is 84.7 cm³/mol. The van der Waals surface area contributed by atoms with Crippen LogP contribution in [-0.2, 0) is 0 Å². The number of para-hydroxylation sites is 1. The SMILES string of the molecule is COc1cccc(OC)c1OCCOc1ccc(Br)cc1. The Kier molecular flexibility index (Phi) is 5.75. The molecule has 0 atom stereocenters. The first-order valence-electron chi connectivity index (χ1n) is 6.46. The van der Waals surface area contributed by atoms with Gasteiger partial charge in [0.2, 0.25) is 5.75 Å². The van der Waals surface area contributed by atoms with Crippen LogP contribution in [0.15, 0.2) is 46.9 Å². The predicted octanol–water partition coefficient (Wildman–Crippen LogP) is 3.92. The molecule has 2 rings (SSSR count). The average Bonchev–Trinajstić information content (AvgIpc) is 2.53. The number of hydrogen-bond acceptors (Lipinski definition) is 4. The average molecular weight is 353 g/mol. The molecule has 0 fully saturated rings. The van der Waals surface area contributed by atoms with Crippen LogP contribution in [0.2, 0.25) is 0 Å². The summed E-state index contributed by atoms with van der Waals surface area (Å²) in [5.74, 6) is 2.66. The first kappa shape index (κ1) is 15.5. The molecule has 0 radical (unpaired) electrons. The molecule has 0 saturated carbocycles. The Hall–Kier alpha value is -1.88. The van der Waals surface area contributed by atoms with Crippen molar-refractivity contribution in [3.8, 4) is 23.0 Å². The molecule has 0 bridgehead atoms. The quantitative estimate of drug-likeness (QED) is 0.707. The molecule has 0 spiro atoms. The molecule has 4 nitrogen and oxygen atoms in total. The van der Waals surface area contributed by atoms with E-state index >= 15 is 0 Å². The first-order valence-corrected chi connectivity index (χ1v) is 7.26. The summed E-state index contributed by atoms with van der Waals surface area (Å²) in [7, 11) is 3.19. The zero-order valence-corrected chi connectivity index (χ0v) is 13.6. The maximum Gasteiger partial charge on any atom is 0.203 e. The van der Waals surface area contributed by atoms with Crippen molar-refractivity contribution in [2.75, 3.05) is 27.4 Å². The molecule has 0 saturated heterocycles. The van der Waals surface area contributed by atoms with Gasteiger partial charge in [0.15, 0.2) is 11.5 Å². The molecule has 0 aliphatic heterocycles. The third-order valence-electron chi connectivity index (χ3n) is 2.79. The second kappa shape index (κ2) is 7.78. The van der Waals surface area contributed by atoms with Gasteiger partial charge in [-0.3, -0.25) is 0 Å². The molecule has 0 heterocycles. The zero-order valence-electron chi connectivity index (χ0n) is 12.0. The van der Waals surface area contributed by atoms with Crippen LogP contribution in [0, 0.1) is 0 Å². The number of rotatable bonds is 7. The summed E-state index contributed by atoms with van der Waals surface area (Å²) in [4.78, 5) is 0. The molecule has 2 aromatic rings. The van der Waals surface area contributed by atoms with E-state index in [1.807, 2.05) is 42.5 Å². The highest BCUT2D eigenvalue weighted by Gasteiger charge is 2.10. The van der Waals surface area contributed by atoms with E-state index < -0.39 is 0 Å². The van der Waals surface area contributed by atoms with Gasteiger partial charge in [-0.25, -0.2) is 0 Å². The Labute approximate surface area is 132 Å². The number of methoxy groups -OCH3 is 2. The van der Waals surface area contributed by atoms with Crippen LogP contribution in [0.5, 0.6) is 23.0 Å². The largest absolute Gasteiger partial charge is 0.493 e. The van der Waals surface area contributed by atoms with Gasteiger partial charge in [0.05, 0.1) is 14.2 Å². The van der Waals surface area contributed by atoms with E-state index in [0.717, 1.165) is 10.2 Å². The fraction of sp³-hybridized carbons (Fsp3) is 0.250. The second-order valence-corrected chi connectivity index (χ2v) is 5.06. The molecule has 0 N–H and O–H groups in total. The summed E-state index contributed by atoms with van der Waals surface area (Å²) in [6.45, 7) is 0.829. The third kappa shape index (κ3) is 4.29. The van der Waals surface area contributed by atoms with Gasteiger partial charge in [0.1, 0.15) is 19.0 Å². The number of ether oxygens (including phenoxy) is 4. The topological polar surface area (TPSA) is 36.9 Å². The Morgan fingerprint density at radius 1 is 0.810 bits per heavy atom. The third-order valence-corrected chi connectivity index (χ3v) is 3.32. The van der Waals surface area contributed by atoms with E-state index in [1.165, 1.54) is 0 Å². The van der Waals surface area contributed by atoms with Crippen molar-refractivity contribution in [2.45, 2.75) is 0 Å². The summed E-state index contributed by atoms with van der Waals surface area (Å²) in [5, 5.41) is 0. The minimum atomic E-state index is 0.396. The summed E-state index contributed by atoms with van der Waals surface area (Å²) in [5.41, 5.74) is 0. The molecule has 112 valence electrons. The number of halogens is 1. The van der Waals surface area contributed by atoms with Crippen LogP contribution >= 0.6 is 15.9 Å². The second-order valence-electron chi connectivity index (χ2n) is 4.14. The van der Waals surface area contributed by atoms with Gasteiger partial charge >= 0.3 is 0 Å². The van der Waals surface area contributed by atoms with Crippen LogP contribution in [0.4, 0.5) is 0 Å². The molecular formula is C16H17BrO4. The van der Waals surface area contributed by atoms with Crippen LogP contribution in [0.1, 0.15) is 0 Å². The van der Waals surface area contributed by atoms with Gasteiger partial charge < -0.3 is 18.9 Å². The lowest BCUT2D eigenvalue weighted by molar-refractivity contribution is 0.205. The van der Waals surface area contributed by atoms with E-state index in [-0.39, 0.29) is 0 Å². The molecule has 0 aliphatic rings. The van der Waals surface area contributed by atoms with E-state index in [4.69, 9.17) is 18.9 Å². The van der Waals surface area contributed by atoms with Crippen LogP contribution in [-0.4, -0.2) is 27.4 Å². The van der Waals surface area contributed by atoms with Crippen molar-refractivity contribution >= 4 is 15.9 Å². The van der Waals surface area contributed by atoms with Crippen molar-refractivity contribution in [1.29, 1.82) is 0 Å². The van der Waals surface area contributed by atoms with Crippen LogP contribution in [0.3, 0.4) is 0 Å². The van der Waals surface area contributed by atoms with Crippen molar-refractivity contribution < 1.29 is 18.9 Å². The smallest absolute Gasteiger partial charge is 0.203 e. The van der Waals surface area contributed by atoms with Crippen molar-refractivity contribution in [2.24, 2.45) is 0 Å². The molecule has 21 heavy (non-hydrogen) atoms. The minimum Gasteiger partial charge on any atom is -0.493 e. The lowest BCUT2D eigenvalue weighted by Gasteiger charge is -2.14. The number of benzene rings is 2. The zero-order chi connectivity index (χ0) is 15.1. The lowest BCUT2D eigenvalue weighted by atomic mass is 10.3. The fourth-order valence-corrected chi connectivity index (χ4v) is 2.06. The van der Waals surface area contributed by atoms with E-state index in [2.05, 4.69) is 15.9 Å². The van der Waals surface area contributed by atoms with Gasteiger partial charge in [-0.15, -0.1) is 0 Å². The Balaban J connectivity index is 1.90.